The Morgan fingerprint density at radius 1 is 0.885 bits per heavy atom. The van der Waals surface area contributed by atoms with Crippen molar-refractivity contribution in [3.8, 4) is 12.3 Å². The Kier molecular flexibility index (Phi) is 23.7. The topological polar surface area (TPSA) is 69.4 Å². The highest BCUT2D eigenvalue weighted by molar-refractivity contribution is 5.91. The molecule has 0 unspecified atom stereocenters. The summed E-state index contributed by atoms with van der Waals surface area (Å²) in [6.45, 7) is 2.27. The predicted molar refractivity (Wildman–Crippen MR) is 109 cm³/mol. The van der Waals surface area contributed by atoms with Gasteiger partial charge in [-0.15, -0.1) is 6.42 Å². The van der Waals surface area contributed by atoms with Crippen LogP contribution in [0.1, 0.15) is 96.8 Å². The molecule has 0 atom stereocenters. The van der Waals surface area contributed by atoms with Crippen LogP contribution in [0.2, 0.25) is 0 Å². The van der Waals surface area contributed by atoms with Crippen LogP contribution >= 0.6 is 0 Å². The summed E-state index contributed by atoms with van der Waals surface area (Å²) in [4.78, 5) is 20.3. The van der Waals surface area contributed by atoms with Crippen LogP contribution < -0.4 is 5.73 Å². The minimum Gasteiger partial charge on any atom is -0.469 e. The molecule has 150 valence electrons. The van der Waals surface area contributed by atoms with Crippen LogP contribution in [0.3, 0.4) is 0 Å². The first kappa shape index (κ1) is 26.5. The molecule has 0 spiro atoms. The fourth-order valence-corrected chi connectivity index (χ4v) is 2.44. The molecule has 2 N–H and O–H groups in total. The molecule has 0 aliphatic rings. The number of carbonyl (C=O) groups excluding carboxylic acids is 2. The van der Waals surface area contributed by atoms with E-state index in [1.165, 1.54) is 77.7 Å². The fourth-order valence-electron chi connectivity index (χ4n) is 2.44. The second-order valence-corrected chi connectivity index (χ2v) is 6.42. The first-order valence-corrected chi connectivity index (χ1v) is 10.1. The molecule has 0 aromatic heterocycles. The van der Waals surface area contributed by atoms with E-state index in [0.717, 1.165) is 12.8 Å². The summed E-state index contributed by atoms with van der Waals surface area (Å²) in [5.74, 6) is 0.873. The fraction of sp³-hybridized carbons (Fsp3) is 0.727. The quantitative estimate of drug-likeness (QED) is 0.185. The molecule has 26 heavy (non-hydrogen) atoms. The summed E-state index contributed by atoms with van der Waals surface area (Å²) >= 11 is 0. The zero-order chi connectivity index (χ0) is 19.9. The van der Waals surface area contributed by atoms with Gasteiger partial charge in [-0.3, -0.25) is 9.59 Å². The Morgan fingerprint density at radius 3 is 1.73 bits per heavy atom. The summed E-state index contributed by atoms with van der Waals surface area (Å²) in [5, 5.41) is 0. The van der Waals surface area contributed by atoms with Crippen LogP contribution in [0.4, 0.5) is 0 Å². The number of carbonyl (C=O) groups is 2. The third kappa shape index (κ3) is 27.1. The Hall–Kier alpha value is -1.76. The molecule has 4 heteroatoms. The Balaban J connectivity index is 0. The van der Waals surface area contributed by atoms with Crippen molar-refractivity contribution < 1.29 is 14.3 Å². The molecule has 0 aliphatic heterocycles. The molecule has 0 saturated heterocycles. The van der Waals surface area contributed by atoms with E-state index in [1.807, 2.05) is 0 Å². The number of primary amides is 1. The standard InChI is InChI=1S/C19H36O2.C3H3NO/c1-3-4-5-6-7-8-9-10-11-12-13-14-15-16-17-18-19(20)21-2;1-2-3(4)5/h10-11H,3-9,12-18H2,1-2H3;1H,(H2,4,5)/b11-10-;. The first-order chi connectivity index (χ1) is 12.6. The first-order valence-electron chi connectivity index (χ1n) is 10.1. The van der Waals surface area contributed by atoms with Gasteiger partial charge in [-0.2, -0.15) is 0 Å². The van der Waals surface area contributed by atoms with Gasteiger partial charge in [-0.05, 0) is 38.0 Å². The number of nitrogens with two attached hydrogens (primary N) is 1. The van der Waals surface area contributed by atoms with Crippen molar-refractivity contribution in [1.29, 1.82) is 0 Å². The average molecular weight is 366 g/mol. The number of terminal acetylenes is 1. The molecule has 1 amide bonds. The van der Waals surface area contributed by atoms with E-state index in [4.69, 9.17) is 0 Å². The van der Waals surface area contributed by atoms with Gasteiger partial charge in [0.05, 0.1) is 7.11 Å². The van der Waals surface area contributed by atoms with E-state index < -0.39 is 5.91 Å². The third-order valence-corrected chi connectivity index (χ3v) is 4.01. The summed E-state index contributed by atoms with van der Waals surface area (Å²) in [7, 11) is 1.46. The monoisotopic (exact) mass is 365 g/mol. The highest BCUT2D eigenvalue weighted by atomic mass is 16.5. The average Bonchev–Trinajstić information content (AvgIpc) is 2.65. The Bertz CT molecular complexity index is 397. The lowest BCUT2D eigenvalue weighted by Crippen LogP contribution is -2.05. The van der Waals surface area contributed by atoms with Crippen molar-refractivity contribution in [2.24, 2.45) is 5.73 Å². The summed E-state index contributed by atoms with van der Waals surface area (Å²) in [6, 6.07) is 0. The van der Waals surface area contributed by atoms with E-state index in [0.29, 0.717) is 6.42 Å². The highest BCUT2D eigenvalue weighted by Crippen LogP contribution is 2.10. The van der Waals surface area contributed by atoms with Crippen molar-refractivity contribution in [2.45, 2.75) is 96.8 Å². The van der Waals surface area contributed by atoms with E-state index >= 15 is 0 Å². The zero-order valence-corrected chi connectivity index (χ0v) is 16.9. The van der Waals surface area contributed by atoms with Crippen LogP contribution in [0.25, 0.3) is 0 Å². The summed E-state index contributed by atoms with van der Waals surface area (Å²) in [5.41, 5.74) is 4.42. The molecule has 0 rings (SSSR count). The number of amides is 1. The normalized spacial score (nSPS) is 10.0. The number of rotatable bonds is 15. The zero-order valence-electron chi connectivity index (χ0n) is 16.9. The second-order valence-electron chi connectivity index (χ2n) is 6.42. The molecular formula is C22H39NO3. The molecule has 0 radical (unpaired) electrons. The smallest absolute Gasteiger partial charge is 0.305 e. The lowest BCUT2D eigenvalue weighted by molar-refractivity contribution is -0.140. The Labute approximate surface area is 160 Å². The maximum absolute atomic E-state index is 10.9. The van der Waals surface area contributed by atoms with Crippen molar-refractivity contribution in [1.82, 2.24) is 0 Å². The molecule has 4 nitrogen and oxygen atoms in total. The van der Waals surface area contributed by atoms with Crippen molar-refractivity contribution in [3.05, 3.63) is 12.2 Å². The minimum absolute atomic E-state index is 0.0763. The maximum atomic E-state index is 10.9. The highest BCUT2D eigenvalue weighted by Gasteiger charge is 1.98. The number of esters is 1. The van der Waals surface area contributed by atoms with Crippen molar-refractivity contribution in [2.75, 3.05) is 7.11 Å². The largest absolute Gasteiger partial charge is 0.469 e. The van der Waals surface area contributed by atoms with Crippen LogP contribution in [0, 0.1) is 12.3 Å². The molecule has 0 bridgehead atoms. The third-order valence-electron chi connectivity index (χ3n) is 4.01. The number of hydrogen-bond acceptors (Lipinski definition) is 3. The van der Waals surface area contributed by atoms with Gasteiger partial charge in [0.15, 0.2) is 0 Å². The van der Waals surface area contributed by atoms with Crippen LogP contribution in [-0.2, 0) is 14.3 Å². The van der Waals surface area contributed by atoms with Gasteiger partial charge in [0.1, 0.15) is 0 Å². The predicted octanol–water partition coefficient (Wildman–Crippen LogP) is 5.30. The number of ether oxygens (including phenoxy) is 1. The lowest BCUT2D eigenvalue weighted by Gasteiger charge is -2.00. The van der Waals surface area contributed by atoms with Crippen LogP contribution in [0.5, 0.6) is 0 Å². The van der Waals surface area contributed by atoms with Crippen LogP contribution in [-0.4, -0.2) is 19.0 Å². The van der Waals surface area contributed by atoms with Gasteiger partial charge in [0.25, 0.3) is 5.91 Å². The number of unbranched alkanes of at least 4 members (excludes halogenated alkanes) is 11. The maximum Gasteiger partial charge on any atom is 0.305 e. The van der Waals surface area contributed by atoms with E-state index in [2.05, 4.69) is 36.0 Å². The van der Waals surface area contributed by atoms with Gasteiger partial charge >= 0.3 is 5.97 Å². The molecule has 0 fully saturated rings. The summed E-state index contributed by atoms with van der Waals surface area (Å²) < 4.78 is 4.62. The van der Waals surface area contributed by atoms with E-state index in [9.17, 15) is 9.59 Å². The molecule has 0 aliphatic carbocycles. The van der Waals surface area contributed by atoms with Gasteiger partial charge in [-0.25, -0.2) is 0 Å². The van der Waals surface area contributed by atoms with Gasteiger partial charge in [-0.1, -0.05) is 70.4 Å². The minimum atomic E-state index is -0.718. The lowest BCUT2D eigenvalue weighted by atomic mass is 10.1. The van der Waals surface area contributed by atoms with E-state index in [-0.39, 0.29) is 5.97 Å². The van der Waals surface area contributed by atoms with Gasteiger partial charge in [0, 0.05) is 6.42 Å². The molecular weight excluding hydrogens is 326 g/mol. The second kappa shape index (κ2) is 23.2. The van der Waals surface area contributed by atoms with Crippen molar-refractivity contribution >= 4 is 11.9 Å². The van der Waals surface area contributed by atoms with Gasteiger partial charge < -0.3 is 10.5 Å². The molecule has 0 aromatic carbocycles. The van der Waals surface area contributed by atoms with Crippen LogP contribution in [0.15, 0.2) is 12.2 Å². The number of hydrogen-bond donors (Lipinski definition) is 1. The number of allylic oxidation sites excluding steroid dienone is 2. The SMILES string of the molecule is C#CC(N)=O.CCCCCCCC/C=C\CCCCCCCC(=O)OC. The summed E-state index contributed by atoms with van der Waals surface area (Å²) in [6.07, 6.45) is 26.4. The van der Waals surface area contributed by atoms with E-state index in [1.54, 1.807) is 5.92 Å². The van der Waals surface area contributed by atoms with Gasteiger partial charge in [0.2, 0.25) is 0 Å². The Morgan fingerprint density at radius 2 is 1.31 bits per heavy atom. The molecule has 0 aromatic rings. The van der Waals surface area contributed by atoms with Crippen molar-refractivity contribution in [3.63, 3.8) is 0 Å². The molecule has 0 heterocycles. The molecule has 0 saturated carbocycles. The number of methoxy groups -OCH3 is 1.